The van der Waals surface area contributed by atoms with Crippen molar-refractivity contribution in [2.75, 3.05) is 6.61 Å². The Morgan fingerprint density at radius 2 is 2.17 bits per heavy atom. The summed E-state index contributed by atoms with van der Waals surface area (Å²) in [4.78, 5) is 0. The molecule has 0 aromatic heterocycles. The third kappa shape index (κ3) is 2.35. The van der Waals surface area contributed by atoms with Gasteiger partial charge in [0.1, 0.15) is 0 Å². The van der Waals surface area contributed by atoms with E-state index in [0.29, 0.717) is 0 Å². The molecule has 0 aromatic rings. The van der Waals surface area contributed by atoms with Gasteiger partial charge in [-0.2, -0.15) is 0 Å². The molecule has 0 radical (unpaired) electrons. The maximum absolute atomic E-state index is 8.78. The summed E-state index contributed by atoms with van der Waals surface area (Å²) in [5, 5.41) is 8.78. The monoisotopic (exact) mass is 164 g/mol. The molecule has 1 rings (SSSR count). The van der Waals surface area contributed by atoms with E-state index in [2.05, 4.69) is 32.1 Å². The molecule has 0 amide bonds. The Labute approximate surface area is 74.1 Å². The Hall–Kier alpha value is -0.820. The summed E-state index contributed by atoms with van der Waals surface area (Å²) in [6.45, 7) is 4.53. The second-order valence-electron chi connectivity index (χ2n) is 3.30. The van der Waals surface area contributed by atoms with Crippen molar-refractivity contribution in [3.63, 3.8) is 0 Å². The molecule has 0 aliphatic heterocycles. The quantitative estimate of drug-likeness (QED) is 0.665. The Kier molecular flexibility index (Phi) is 3.30. The van der Waals surface area contributed by atoms with Crippen LogP contribution in [0, 0.1) is 0 Å². The third-order valence-electron chi connectivity index (χ3n) is 2.28. The second kappa shape index (κ2) is 4.27. The average Bonchev–Trinajstić information content (AvgIpc) is 2.16. The van der Waals surface area contributed by atoms with Gasteiger partial charge in [0.05, 0.1) is 0 Å². The minimum absolute atomic E-state index is 0.256. The van der Waals surface area contributed by atoms with Crippen LogP contribution in [0.4, 0.5) is 0 Å². The van der Waals surface area contributed by atoms with Crippen LogP contribution >= 0.6 is 0 Å². The molecule has 0 heterocycles. The fourth-order valence-electron chi connectivity index (χ4n) is 1.33. The van der Waals surface area contributed by atoms with E-state index >= 15 is 0 Å². The summed E-state index contributed by atoms with van der Waals surface area (Å²) < 4.78 is 0. The molecule has 0 fully saturated rings. The molecular weight excluding hydrogens is 148 g/mol. The van der Waals surface area contributed by atoms with Gasteiger partial charge in [-0.3, -0.25) is 0 Å². The molecule has 0 atom stereocenters. The fourth-order valence-corrected chi connectivity index (χ4v) is 1.33. The maximum Gasteiger partial charge on any atom is 0.0468 e. The highest BCUT2D eigenvalue weighted by molar-refractivity contribution is 5.33. The lowest BCUT2D eigenvalue weighted by atomic mass is 10.0. The van der Waals surface area contributed by atoms with Gasteiger partial charge in [0.15, 0.2) is 0 Å². The zero-order valence-corrected chi connectivity index (χ0v) is 7.80. The van der Waals surface area contributed by atoms with Crippen molar-refractivity contribution < 1.29 is 5.11 Å². The Balaban J connectivity index is 2.73. The van der Waals surface area contributed by atoms with Gasteiger partial charge in [-0.05, 0) is 26.7 Å². The Bertz CT molecular complexity index is 244. The van der Waals surface area contributed by atoms with Crippen LogP contribution in [0.15, 0.2) is 34.9 Å². The molecule has 12 heavy (non-hydrogen) atoms. The highest BCUT2D eigenvalue weighted by Crippen LogP contribution is 2.20. The number of aliphatic hydroxyl groups excluding tert-OH is 1. The minimum Gasteiger partial charge on any atom is -0.396 e. The first-order valence-electron chi connectivity index (χ1n) is 4.37. The molecule has 0 unspecified atom stereocenters. The van der Waals surface area contributed by atoms with Crippen LogP contribution in [-0.4, -0.2) is 11.7 Å². The van der Waals surface area contributed by atoms with Crippen molar-refractivity contribution in [3.05, 3.63) is 34.9 Å². The lowest BCUT2D eigenvalue weighted by Gasteiger charge is -2.05. The van der Waals surface area contributed by atoms with Crippen molar-refractivity contribution >= 4 is 0 Å². The van der Waals surface area contributed by atoms with E-state index in [1.165, 1.54) is 16.7 Å². The summed E-state index contributed by atoms with van der Waals surface area (Å²) in [6.07, 6.45) is 8.11. The van der Waals surface area contributed by atoms with Crippen LogP contribution < -0.4 is 0 Å². The van der Waals surface area contributed by atoms with E-state index in [1.54, 1.807) is 0 Å². The number of allylic oxidation sites excluding steroid dienone is 5. The predicted molar refractivity (Wildman–Crippen MR) is 51.9 cm³/mol. The SMILES string of the molecule is CC1=C(C)CC(CCO)=CC=C1. The third-order valence-corrected chi connectivity index (χ3v) is 2.28. The van der Waals surface area contributed by atoms with Crippen molar-refractivity contribution in [3.8, 4) is 0 Å². The van der Waals surface area contributed by atoms with Crippen molar-refractivity contribution in [1.29, 1.82) is 0 Å². The zero-order valence-electron chi connectivity index (χ0n) is 7.80. The van der Waals surface area contributed by atoms with Crippen molar-refractivity contribution in [1.82, 2.24) is 0 Å². The van der Waals surface area contributed by atoms with E-state index in [9.17, 15) is 0 Å². The molecular formula is C11H16O. The number of aliphatic hydroxyl groups is 1. The van der Waals surface area contributed by atoms with Crippen LogP contribution in [0.2, 0.25) is 0 Å². The second-order valence-corrected chi connectivity index (χ2v) is 3.30. The van der Waals surface area contributed by atoms with E-state index < -0.39 is 0 Å². The summed E-state index contributed by atoms with van der Waals surface area (Å²) in [5.41, 5.74) is 4.07. The number of hydrogen-bond acceptors (Lipinski definition) is 1. The average molecular weight is 164 g/mol. The topological polar surface area (TPSA) is 20.2 Å². The maximum atomic E-state index is 8.78. The molecule has 1 aliphatic rings. The zero-order chi connectivity index (χ0) is 8.97. The molecule has 0 spiro atoms. The lowest BCUT2D eigenvalue weighted by molar-refractivity contribution is 0.298. The molecule has 1 N–H and O–H groups in total. The highest BCUT2D eigenvalue weighted by atomic mass is 16.2. The van der Waals surface area contributed by atoms with Gasteiger partial charge in [0, 0.05) is 6.61 Å². The molecule has 0 saturated carbocycles. The van der Waals surface area contributed by atoms with Crippen LogP contribution in [0.25, 0.3) is 0 Å². The Morgan fingerprint density at radius 1 is 1.42 bits per heavy atom. The van der Waals surface area contributed by atoms with E-state index in [1.807, 2.05) is 0 Å². The van der Waals surface area contributed by atoms with Gasteiger partial charge in [0.25, 0.3) is 0 Å². The summed E-state index contributed by atoms with van der Waals surface area (Å²) in [6, 6.07) is 0. The van der Waals surface area contributed by atoms with E-state index in [4.69, 9.17) is 5.11 Å². The van der Waals surface area contributed by atoms with E-state index in [-0.39, 0.29) is 6.61 Å². The van der Waals surface area contributed by atoms with Crippen LogP contribution in [0.5, 0.6) is 0 Å². The van der Waals surface area contributed by atoms with E-state index in [0.717, 1.165) is 12.8 Å². The van der Waals surface area contributed by atoms with Crippen LogP contribution in [0.1, 0.15) is 26.7 Å². The van der Waals surface area contributed by atoms with Crippen molar-refractivity contribution in [2.45, 2.75) is 26.7 Å². The summed E-state index contributed by atoms with van der Waals surface area (Å²) in [5.74, 6) is 0. The Morgan fingerprint density at radius 3 is 2.83 bits per heavy atom. The normalized spacial score (nSPS) is 17.8. The first kappa shape index (κ1) is 9.27. The van der Waals surface area contributed by atoms with Crippen LogP contribution in [-0.2, 0) is 0 Å². The molecule has 0 bridgehead atoms. The molecule has 1 nitrogen and oxygen atoms in total. The fraction of sp³-hybridized carbons (Fsp3) is 0.455. The smallest absolute Gasteiger partial charge is 0.0468 e. The van der Waals surface area contributed by atoms with Gasteiger partial charge < -0.3 is 5.11 Å². The van der Waals surface area contributed by atoms with Gasteiger partial charge in [0.2, 0.25) is 0 Å². The lowest BCUT2D eigenvalue weighted by Crippen LogP contribution is -1.90. The molecule has 0 aromatic carbocycles. The number of hydrogen-bond donors (Lipinski definition) is 1. The van der Waals surface area contributed by atoms with Crippen molar-refractivity contribution in [2.24, 2.45) is 0 Å². The van der Waals surface area contributed by atoms with Gasteiger partial charge in [-0.15, -0.1) is 0 Å². The molecule has 0 saturated heterocycles. The first-order valence-corrected chi connectivity index (χ1v) is 4.37. The first-order chi connectivity index (χ1) is 5.74. The minimum atomic E-state index is 0.256. The largest absolute Gasteiger partial charge is 0.396 e. The van der Waals surface area contributed by atoms with Crippen LogP contribution in [0.3, 0.4) is 0 Å². The summed E-state index contributed by atoms with van der Waals surface area (Å²) in [7, 11) is 0. The highest BCUT2D eigenvalue weighted by Gasteiger charge is 2.02. The standard InChI is InChI=1S/C11H16O/c1-9-4-3-5-11(6-7-12)8-10(9)2/h3-5,12H,6-8H2,1-2H3. The molecule has 66 valence electrons. The number of rotatable bonds is 2. The van der Waals surface area contributed by atoms with Gasteiger partial charge in [-0.25, -0.2) is 0 Å². The predicted octanol–water partition coefficient (Wildman–Crippen LogP) is 2.59. The summed E-state index contributed by atoms with van der Waals surface area (Å²) >= 11 is 0. The molecule has 1 aliphatic carbocycles. The van der Waals surface area contributed by atoms with Gasteiger partial charge >= 0.3 is 0 Å². The van der Waals surface area contributed by atoms with Gasteiger partial charge in [-0.1, -0.05) is 34.9 Å². The molecule has 1 heteroatoms.